The first-order valence-electron chi connectivity index (χ1n) is 7.05. The van der Waals surface area contributed by atoms with Crippen LogP contribution < -0.4 is 9.47 Å². The molecule has 0 saturated heterocycles. The smallest absolute Gasteiger partial charge is 0.130 e. The fourth-order valence-electron chi connectivity index (χ4n) is 2.13. The topological polar surface area (TPSA) is 18.5 Å². The summed E-state index contributed by atoms with van der Waals surface area (Å²) < 4.78 is 11.3. The molecule has 0 aliphatic heterocycles. The van der Waals surface area contributed by atoms with Gasteiger partial charge in [0.1, 0.15) is 17.3 Å². The van der Waals surface area contributed by atoms with Gasteiger partial charge < -0.3 is 9.47 Å². The Bertz CT molecular complexity index is 551. The highest BCUT2D eigenvalue weighted by Crippen LogP contribution is 2.26. The van der Waals surface area contributed by atoms with E-state index in [1.165, 1.54) is 5.57 Å². The van der Waals surface area contributed by atoms with Gasteiger partial charge in [0.2, 0.25) is 0 Å². The molecule has 0 unspecified atom stereocenters. The van der Waals surface area contributed by atoms with Gasteiger partial charge in [0.05, 0.1) is 7.11 Å². The molecule has 0 N–H and O–H groups in total. The van der Waals surface area contributed by atoms with Crippen molar-refractivity contribution in [3.8, 4) is 11.5 Å². The van der Waals surface area contributed by atoms with Gasteiger partial charge in [-0.05, 0) is 44.4 Å². The molecule has 106 valence electrons. The Morgan fingerprint density at radius 2 is 1.95 bits per heavy atom. The molecule has 0 saturated carbocycles. The van der Waals surface area contributed by atoms with Crippen molar-refractivity contribution in [3.05, 3.63) is 59.4 Å². The van der Waals surface area contributed by atoms with Crippen LogP contribution in [0, 0.1) is 6.92 Å². The van der Waals surface area contributed by atoms with E-state index in [4.69, 9.17) is 9.47 Å². The number of allylic oxidation sites excluding steroid dienone is 6. The van der Waals surface area contributed by atoms with Crippen LogP contribution in [0.5, 0.6) is 11.5 Å². The van der Waals surface area contributed by atoms with Crippen LogP contribution in [-0.4, -0.2) is 7.11 Å². The maximum atomic E-state index is 6.00. The van der Waals surface area contributed by atoms with Gasteiger partial charge >= 0.3 is 0 Å². The molecule has 0 radical (unpaired) electrons. The van der Waals surface area contributed by atoms with E-state index in [-0.39, 0.29) is 0 Å². The molecule has 0 fully saturated rings. The van der Waals surface area contributed by atoms with E-state index in [0.717, 1.165) is 42.1 Å². The predicted octanol–water partition coefficient (Wildman–Crippen LogP) is 4.95. The molecule has 1 aliphatic carbocycles. The molecular weight excluding hydrogens is 248 g/mol. The molecule has 0 amide bonds. The molecule has 0 spiro atoms. The maximum absolute atomic E-state index is 6.00. The summed E-state index contributed by atoms with van der Waals surface area (Å²) in [6, 6.07) is 5.95. The number of rotatable bonds is 3. The second-order valence-corrected chi connectivity index (χ2v) is 5.07. The lowest BCUT2D eigenvalue weighted by Gasteiger charge is -2.11. The highest BCUT2D eigenvalue weighted by atomic mass is 16.5. The molecule has 20 heavy (non-hydrogen) atoms. The van der Waals surface area contributed by atoms with Crippen LogP contribution in [0.3, 0.4) is 0 Å². The molecular formula is C18H22O2. The Morgan fingerprint density at radius 3 is 2.75 bits per heavy atom. The monoisotopic (exact) mass is 270 g/mol. The fourth-order valence-corrected chi connectivity index (χ4v) is 2.13. The Hall–Kier alpha value is -1.96. The van der Waals surface area contributed by atoms with E-state index in [0.29, 0.717) is 0 Å². The number of hydrogen-bond donors (Lipinski definition) is 0. The zero-order valence-corrected chi connectivity index (χ0v) is 12.5. The van der Waals surface area contributed by atoms with E-state index in [2.05, 4.69) is 31.2 Å². The number of methoxy groups -OCH3 is 1. The van der Waals surface area contributed by atoms with E-state index >= 15 is 0 Å². The van der Waals surface area contributed by atoms with Crippen LogP contribution in [-0.2, 0) is 0 Å². The first-order valence-corrected chi connectivity index (χ1v) is 7.05. The number of ether oxygens (including phenoxy) is 2. The van der Waals surface area contributed by atoms with Gasteiger partial charge in [-0.1, -0.05) is 29.9 Å². The lowest BCUT2D eigenvalue weighted by atomic mass is 10.2. The van der Waals surface area contributed by atoms with Crippen LogP contribution in [0.4, 0.5) is 0 Å². The molecule has 0 heterocycles. The van der Waals surface area contributed by atoms with Crippen molar-refractivity contribution in [2.45, 2.75) is 33.1 Å². The number of aryl methyl sites for hydroxylation is 1. The van der Waals surface area contributed by atoms with Crippen molar-refractivity contribution in [2.24, 2.45) is 0 Å². The standard InChI is InChI=1S/C18H22O2/c1-14-7-5-4-6-8-16(11-9-14)20-17-12-10-15(2)18(13-17)19-3/h5,7,9-13H,4,6,8H2,1-3H3/b7-5-,14-9-,16-11+. The van der Waals surface area contributed by atoms with Crippen LogP contribution in [0.2, 0.25) is 0 Å². The first kappa shape index (κ1) is 14.4. The van der Waals surface area contributed by atoms with Gasteiger partial charge in [0.25, 0.3) is 0 Å². The minimum atomic E-state index is 0.831. The number of hydrogen-bond acceptors (Lipinski definition) is 2. The lowest BCUT2D eigenvalue weighted by Crippen LogP contribution is -1.96. The van der Waals surface area contributed by atoms with Crippen molar-refractivity contribution in [1.82, 2.24) is 0 Å². The minimum Gasteiger partial charge on any atom is -0.496 e. The molecule has 2 heteroatoms. The van der Waals surface area contributed by atoms with Crippen LogP contribution in [0.25, 0.3) is 0 Å². The van der Waals surface area contributed by atoms with Crippen molar-refractivity contribution < 1.29 is 9.47 Å². The predicted molar refractivity (Wildman–Crippen MR) is 83.2 cm³/mol. The maximum Gasteiger partial charge on any atom is 0.130 e. The summed E-state index contributed by atoms with van der Waals surface area (Å²) in [5, 5.41) is 0. The number of benzene rings is 1. The van der Waals surface area contributed by atoms with E-state index < -0.39 is 0 Å². The Labute approximate surface area is 121 Å². The van der Waals surface area contributed by atoms with Crippen molar-refractivity contribution >= 4 is 0 Å². The largest absolute Gasteiger partial charge is 0.496 e. The quantitative estimate of drug-likeness (QED) is 0.773. The summed E-state index contributed by atoms with van der Waals surface area (Å²) in [4.78, 5) is 0. The summed E-state index contributed by atoms with van der Waals surface area (Å²) >= 11 is 0. The summed E-state index contributed by atoms with van der Waals surface area (Å²) in [5.41, 5.74) is 2.36. The molecule has 2 rings (SSSR count). The molecule has 2 nitrogen and oxygen atoms in total. The first-order chi connectivity index (χ1) is 9.69. The highest BCUT2D eigenvalue weighted by Gasteiger charge is 2.05. The van der Waals surface area contributed by atoms with Crippen molar-refractivity contribution in [3.63, 3.8) is 0 Å². The van der Waals surface area contributed by atoms with Gasteiger partial charge in [-0.15, -0.1) is 0 Å². The van der Waals surface area contributed by atoms with Crippen LogP contribution >= 0.6 is 0 Å². The van der Waals surface area contributed by atoms with Gasteiger partial charge in [0, 0.05) is 12.5 Å². The van der Waals surface area contributed by atoms with Gasteiger partial charge in [0.15, 0.2) is 0 Å². The van der Waals surface area contributed by atoms with Gasteiger partial charge in [-0.25, -0.2) is 0 Å². The fraction of sp³-hybridized carbons (Fsp3) is 0.333. The average Bonchev–Trinajstić information content (AvgIpc) is 2.54. The Kier molecular flexibility index (Phi) is 5.05. The highest BCUT2D eigenvalue weighted by molar-refractivity contribution is 5.40. The van der Waals surface area contributed by atoms with E-state index in [1.807, 2.05) is 25.1 Å². The third-order valence-corrected chi connectivity index (χ3v) is 3.34. The van der Waals surface area contributed by atoms with E-state index in [1.54, 1.807) is 7.11 Å². The Morgan fingerprint density at radius 1 is 1.10 bits per heavy atom. The molecule has 1 aromatic rings. The van der Waals surface area contributed by atoms with Crippen LogP contribution in [0.1, 0.15) is 31.7 Å². The average molecular weight is 270 g/mol. The molecule has 1 aliphatic rings. The molecule has 0 aromatic heterocycles. The summed E-state index contributed by atoms with van der Waals surface area (Å²) in [7, 11) is 1.68. The summed E-state index contributed by atoms with van der Waals surface area (Å²) in [5.74, 6) is 2.69. The third kappa shape index (κ3) is 4.02. The van der Waals surface area contributed by atoms with Crippen LogP contribution in [0.15, 0.2) is 53.8 Å². The van der Waals surface area contributed by atoms with E-state index in [9.17, 15) is 0 Å². The normalized spacial score (nSPS) is 22.4. The minimum absolute atomic E-state index is 0.831. The summed E-state index contributed by atoms with van der Waals surface area (Å²) in [6.45, 7) is 4.13. The second kappa shape index (κ2) is 6.99. The van der Waals surface area contributed by atoms with Crippen molar-refractivity contribution in [2.75, 3.05) is 7.11 Å². The molecule has 0 bridgehead atoms. The summed E-state index contributed by atoms with van der Waals surface area (Å²) in [6.07, 6.45) is 11.7. The zero-order valence-electron chi connectivity index (χ0n) is 12.5. The second-order valence-electron chi connectivity index (χ2n) is 5.07. The van der Waals surface area contributed by atoms with Gasteiger partial charge in [-0.2, -0.15) is 0 Å². The zero-order chi connectivity index (χ0) is 14.4. The molecule has 1 aromatic carbocycles. The van der Waals surface area contributed by atoms with Crippen molar-refractivity contribution in [1.29, 1.82) is 0 Å². The Balaban J connectivity index is 2.17. The SMILES string of the molecule is COc1cc(O/C2=C/C=C(C)\C=C/CCC2)ccc1C. The lowest BCUT2D eigenvalue weighted by molar-refractivity contribution is 0.385. The van der Waals surface area contributed by atoms with Gasteiger partial charge in [-0.3, -0.25) is 0 Å². The third-order valence-electron chi connectivity index (χ3n) is 3.34. The molecule has 0 atom stereocenters.